The number of hydrogen-bond donors (Lipinski definition) is 1. The first-order valence-corrected chi connectivity index (χ1v) is 12.1. The summed E-state index contributed by atoms with van der Waals surface area (Å²) >= 11 is 0. The minimum Gasteiger partial charge on any atom is -0.360 e. The van der Waals surface area contributed by atoms with Crippen molar-refractivity contribution in [2.24, 2.45) is 0 Å². The molecule has 1 N–H and O–H groups in total. The molecule has 174 valence electrons. The van der Waals surface area contributed by atoms with E-state index in [0.29, 0.717) is 5.56 Å². The largest absolute Gasteiger partial charge is 0.360 e. The highest BCUT2D eigenvalue weighted by molar-refractivity contribution is 5.99. The fourth-order valence-corrected chi connectivity index (χ4v) is 4.38. The lowest BCUT2D eigenvalue weighted by molar-refractivity contribution is 0.0751. The number of amides is 1. The quantitative estimate of drug-likeness (QED) is 0.291. The lowest BCUT2D eigenvalue weighted by Gasteiger charge is -2.22. The van der Waals surface area contributed by atoms with E-state index in [1.54, 1.807) is 12.1 Å². The number of imidazole rings is 1. The summed E-state index contributed by atoms with van der Waals surface area (Å²) in [4.78, 5) is 23.5. The zero-order chi connectivity index (χ0) is 23.4. The number of nitrogens with one attached hydrogen (secondary N) is 1. The summed E-state index contributed by atoms with van der Waals surface area (Å²) in [5.74, 6) is 0.606. The van der Waals surface area contributed by atoms with Crippen molar-refractivity contribution >= 4 is 27.8 Å². The SMILES string of the molecule is CCCCN(CCCC)C(=O)c1ccc2nc(-c3c[nH]c4ccc(F)cc34)n(CCC)c2c1. The lowest BCUT2D eigenvalue weighted by atomic mass is 10.1. The molecular formula is C27H33FN4O. The summed E-state index contributed by atoms with van der Waals surface area (Å²) in [5.41, 5.74) is 4.22. The fraction of sp³-hybridized carbons (Fsp3) is 0.407. The molecule has 0 fully saturated rings. The first-order chi connectivity index (χ1) is 16.1. The van der Waals surface area contributed by atoms with Crippen molar-refractivity contribution in [3.05, 3.63) is 54.0 Å². The number of nitrogens with zero attached hydrogens (tertiary/aromatic N) is 3. The van der Waals surface area contributed by atoms with Gasteiger partial charge in [0, 0.05) is 47.9 Å². The molecule has 0 unspecified atom stereocenters. The van der Waals surface area contributed by atoms with Crippen LogP contribution in [0.1, 0.15) is 63.2 Å². The van der Waals surface area contributed by atoms with E-state index in [1.807, 2.05) is 29.3 Å². The average Bonchev–Trinajstić information content (AvgIpc) is 3.39. The molecule has 33 heavy (non-hydrogen) atoms. The van der Waals surface area contributed by atoms with E-state index in [1.165, 1.54) is 6.07 Å². The first-order valence-electron chi connectivity index (χ1n) is 12.1. The fourth-order valence-electron chi connectivity index (χ4n) is 4.38. The molecule has 1 amide bonds. The summed E-state index contributed by atoms with van der Waals surface area (Å²) in [6, 6.07) is 10.6. The van der Waals surface area contributed by atoms with Gasteiger partial charge in [0.25, 0.3) is 5.91 Å². The average molecular weight is 449 g/mol. The van der Waals surface area contributed by atoms with E-state index in [-0.39, 0.29) is 11.7 Å². The molecule has 6 heteroatoms. The Hall–Kier alpha value is -3.15. The van der Waals surface area contributed by atoms with Crippen LogP contribution in [-0.4, -0.2) is 38.4 Å². The minimum absolute atomic E-state index is 0.0822. The van der Waals surface area contributed by atoms with Crippen molar-refractivity contribution in [1.29, 1.82) is 0 Å². The number of rotatable bonds is 10. The summed E-state index contributed by atoms with van der Waals surface area (Å²) in [5, 5.41) is 0.810. The van der Waals surface area contributed by atoms with Gasteiger partial charge < -0.3 is 14.5 Å². The van der Waals surface area contributed by atoms with Crippen LogP contribution in [0.5, 0.6) is 0 Å². The number of halogens is 1. The number of H-pyrrole nitrogens is 1. The molecule has 0 saturated heterocycles. The summed E-state index contributed by atoms with van der Waals surface area (Å²) < 4.78 is 16.1. The Bertz CT molecular complexity index is 1250. The van der Waals surface area contributed by atoms with Gasteiger partial charge in [0.15, 0.2) is 0 Å². The van der Waals surface area contributed by atoms with Crippen LogP contribution in [0.2, 0.25) is 0 Å². The van der Waals surface area contributed by atoms with Gasteiger partial charge in [-0.15, -0.1) is 0 Å². The second kappa shape index (κ2) is 10.2. The van der Waals surface area contributed by atoms with Crippen LogP contribution in [0.4, 0.5) is 4.39 Å². The predicted octanol–water partition coefficient (Wildman–Crippen LogP) is 6.78. The molecular weight excluding hydrogens is 415 g/mol. The number of carbonyl (C=O) groups excluding carboxylic acids is 1. The van der Waals surface area contributed by atoms with Gasteiger partial charge in [-0.1, -0.05) is 33.6 Å². The van der Waals surface area contributed by atoms with Crippen LogP contribution in [0.25, 0.3) is 33.3 Å². The van der Waals surface area contributed by atoms with Crippen LogP contribution in [0.15, 0.2) is 42.6 Å². The highest BCUT2D eigenvalue weighted by Crippen LogP contribution is 2.32. The van der Waals surface area contributed by atoms with E-state index >= 15 is 0 Å². The Labute approximate surface area is 194 Å². The predicted molar refractivity (Wildman–Crippen MR) is 133 cm³/mol. The van der Waals surface area contributed by atoms with Crippen molar-refractivity contribution in [2.75, 3.05) is 13.1 Å². The van der Waals surface area contributed by atoms with Crippen molar-refractivity contribution in [1.82, 2.24) is 19.4 Å². The van der Waals surface area contributed by atoms with Crippen LogP contribution in [-0.2, 0) is 6.54 Å². The molecule has 4 rings (SSSR count). The number of aromatic nitrogens is 3. The number of benzene rings is 2. The molecule has 2 heterocycles. The van der Waals surface area contributed by atoms with Crippen molar-refractivity contribution < 1.29 is 9.18 Å². The third-order valence-corrected chi connectivity index (χ3v) is 6.18. The Kier molecular flexibility index (Phi) is 7.11. The van der Waals surface area contributed by atoms with E-state index < -0.39 is 0 Å². The van der Waals surface area contributed by atoms with Gasteiger partial charge in [-0.2, -0.15) is 0 Å². The Balaban J connectivity index is 1.78. The van der Waals surface area contributed by atoms with Crippen molar-refractivity contribution in [3.8, 4) is 11.4 Å². The molecule has 4 aromatic rings. The van der Waals surface area contributed by atoms with Gasteiger partial charge in [-0.3, -0.25) is 4.79 Å². The maximum Gasteiger partial charge on any atom is 0.253 e. The highest BCUT2D eigenvalue weighted by Gasteiger charge is 2.20. The third-order valence-electron chi connectivity index (χ3n) is 6.18. The number of aromatic amines is 1. The van der Waals surface area contributed by atoms with Gasteiger partial charge in [0.05, 0.1) is 11.0 Å². The zero-order valence-electron chi connectivity index (χ0n) is 19.8. The smallest absolute Gasteiger partial charge is 0.253 e. The van der Waals surface area contributed by atoms with Gasteiger partial charge in [0.1, 0.15) is 11.6 Å². The molecule has 0 aliphatic rings. The topological polar surface area (TPSA) is 53.9 Å². The Morgan fingerprint density at radius 2 is 1.79 bits per heavy atom. The molecule has 0 saturated carbocycles. The first kappa shape index (κ1) is 23.0. The minimum atomic E-state index is -0.270. The van der Waals surface area contributed by atoms with E-state index in [0.717, 1.165) is 85.1 Å². The molecule has 0 atom stereocenters. The van der Waals surface area contributed by atoms with E-state index in [4.69, 9.17) is 4.98 Å². The summed E-state index contributed by atoms with van der Waals surface area (Å²) in [7, 11) is 0. The van der Waals surface area contributed by atoms with Gasteiger partial charge in [-0.05, 0) is 55.7 Å². The molecule has 0 radical (unpaired) electrons. The van der Waals surface area contributed by atoms with Crippen LogP contribution in [0, 0.1) is 5.82 Å². The molecule has 0 aliphatic carbocycles. The van der Waals surface area contributed by atoms with E-state index in [2.05, 4.69) is 30.3 Å². The van der Waals surface area contributed by atoms with Gasteiger partial charge >= 0.3 is 0 Å². The maximum absolute atomic E-state index is 14.0. The second-order valence-electron chi connectivity index (χ2n) is 8.68. The van der Waals surface area contributed by atoms with Crippen molar-refractivity contribution in [3.63, 3.8) is 0 Å². The highest BCUT2D eigenvalue weighted by atomic mass is 19.1. The number of unbranched alkanes of at least 4 members (excludes halogenated alkanes) is 2. The Morgan fingerprint density at radius 1 is 1.03 bits per heavy atom. The number of hydrogen-bond acceptors (Lipinski definition) is 2. The van der Waals surface area contributed by atoms with E-state index in [9.17, 15) is 9.18 Å². The third kappa shape index (κ3) is 4.65. The van der Waals surface area contributed by atoms with Crippen molar-refractivity contribution in [2.45, 2.75) is 59.4 Å². The molecule has 2 aromatic carbocycles. The van der Waals surface area contributed by atoms with Gasteiger partial charge in [-0.25, -0.2) is 9.37 Å². The molecule has 0 spiro atoms. The molecule has 5 nitrogen and oxygen atoms in total. The number of fused-ring (bicyclic) bond motifs is 2. The summed E-state index contributed by atoms with van der Waals surface area (Å²) in [6.07, 6.45) is 6.95. The summed E-state index contributed by atoms with van der Waals surface area (Å²) in [6.45, 7) is 8.75. The Morgan fingerprint density at radius 3 is 2.48 bits per heavy atom. The maximum atomic E-state index is 14.0. The van der Waals surface area contributed by atoms with Gasteiger partial charge in [0.2, 0.25) is 0 Å². The normalized spacial score (nSPS) is 11.5. The molecule has 2 aromatic heterocycles. The van der Waals surface area contributed by atoms with Crippen LogP contribution < -0.4 is 0 Å². The monoisotopic (exact) mass is 448 g/mol. The lowest BCUT2D eigenvalue weighted by Crippen LogP contribution is -2.32. The molecule has 0 aliphatic heterocycles. The second-order valence-corrected chi connectivity index (χ2v) is 8.68. The number of aryl methyl sites for hydroxylation is 1. The van der Waals surface area contributed by atoms with Crippen LogP contribution in [0.3, 0.4) is 0 Å². The standard InChI is InChI=1S/C27H33FN4O/c1-4-7-14-31(15-8-5-2)27(33)19-9-11-24-25(16-19)32(13-6-3)26(30-24)22-18-29-23-12-10-20(28)17-21(22)23/h9-12,16-18,29H,4-8,13-15H2,1-3H3. The van der Waals surface area contributed by atoms with Crippen LogP contribution >= 0.6 is 0 Å². The zero-order valence-corrected chi connectivity index (χ0v) is 19.8. The number of carbonyl (C=O) groups is 1. The molecule has 0 bridgehead atoms.